The fraction of sp³-hybridized carbons (Fsp3) is 0.611. The highest BCUT2D eigenvalue weighted by Gasteiger charge is 2.26. The average Bonchev–Trinajstić information content (AvgIpc) is 2.64. The molecule has 2 N–H and O–H groups in total. The highest BCUT2D eigenvalue weighted by Crippen LogP contribution is 2.10. The van der Waals surface area contributed by atoms with Gasteiger partial charge in [0, 0.05) is 58.9 Å². The molecule has 1 amide bonds. The molecule has 6 heteroatoms. The monoisotopic (exact) mass is 332 g/mol. The van der Waals surface area contributed by atoms with E-state index >= 15 is 0 Å². The molecule has 2 aliphatic heterocycles. The smallest absolute Gasteiger partial charge is 0.250 e. The van der Waals surface area contributed by atoms with E-state index in [0.29, 0.717) is 19.7 Å². The van der Waals surface area contributed by atoms with Gasteiger partial charge in [-0.25, -0.2) is 0 Å². The van der Waals surface area contributed by atoms with Crippen molar-refractivity contribution in [2.75, 3.05) is 59.0 Å². The molecule has 0 saturated carbocycles. The Morgan fingerprint density at radius 3 is 2.75 bits per heavy atom. The second kappa shape index (κ2) is 9.13. The van der Waals surface area contributed by atoms with Crippen molar-refractivity contribution in [3.8, 4) is 0 Å². The minimum absolute atomic E-state index is 0.0166. The minimum atomic E-state index is -0.356. The van der Waals surface area contributed by atoms with Gasteiger partial charge in [0.1, 0.15) is 6.10 Å². The topological polar surface area (TPSA) is 56.8 Å². The molecule has 1 aromatic rings. The third-order valence-electron chi connectivity index (χ3n) is 4.63. The van der Waals surface area contributed by atoms with E-state index in [-0.39, 0.29) is 12.0 Å². The number of nitrogens with zero attached hydrogens (tertiary/aromatic N) is 2. The lowest BCUT2D eigenvalue weighted by Gasteiger charge is -2.32. The normalized spacial score (nSPS) is 23.1. The van der Waals surface area contributed by atoms with Crippen LogP contribution in [0.1, 0.15) is 5.56 Å². The first-order chi connectivity index (χ1) is 11.8. The molecule has 0 bridgehead atoms. The predicted molar refractivity (Wildman–Crippen MR) is 93.8 cm³/mol. The molecule has 1 unspecified atom stereocenters. The lowest BCUT2D eigenvalue weighted by Crippen LogP contribution is -2.51. The van der Waals surface area contributed by atoms with Crippen molar-refractivity contribution >= 4 is 5.91 Å². The van der Waals surface area contributed by atoms with E-state index in [1.165, 1.54) is 5.56 Å². The lowest BCUT2D eigenvalue weighted by atomic mass is 10.2. The van der Waals surface area contributed by atoms with Gasteiger partial charge in [0.05, 0.1) is 6.61 Å². The van der Waals surface area contributed by atoms with Crippen LogP contribution in [0.25, 0.3) is 0 Å². The maximum atomic E-state index is 12.3. The third kappa shape index (κ3) is 5.27. The first kappa shape index (κ1) is 17.4. The SMILES string of the molecule is O=C(NCCN1CCNCC1)C1CN(Cc2ccccc2)CCO1. The number of nitrogens with one attached hydrogen (secondary N) is 2. The number of carbonyl (C=O) groups excluding carboxylic acids is 1. The van der Waals surface area contributed by atoms with Gasteiger partial charge in [-0.1, -0.05) is 30.3 Å². The molecule has 0 radical (unpaired) electrons. The molecule has 6 nitrogen and oxygen atoms in total. The molecule has 1 aromatic carbocycles. The zero-order valence-electron chi connectivity index (χ0n) is 14.2. The molecule has 1 atom stereocenters. The first-order valence-corrected chi connectivity index (χ1v) is 8.90. The average molecular weight is 332 g/mol. The van der Waals surface area contributed by atoms with Crippen molar-refractivity contribution in [3.05, 3.63) is 35.9 Å². The van der Waals surface area contributed by atoms with Gasteiger partial charge < -0.3 is 15.4 Å². The molecule has 2 fully saturated rings. The largest absolute Gasteiger partial charge is 0.366 e. The zero-order chi connectivity index (χ0) is 16.6. The summed E-state index contributed by atoms with van der Waals surface area (Å²) in [5, 5.41) is 6.37. The molecule has 3 rings (SSSR count). The van der Waals surface area contributed by atoms with E-state index in [1.54, 1.807) is 0 Å². The molecule has 132 valence electrons. The quantitative estimate of drug-likeness (QED) is 0.762. The molecule has 0 aromatic heterocycles. The van der Waals surface area contributed by atoms with E-state index in [2.05, 4.69) is 44.7 Å². The van der Waals surface area contributed by atoms with Gasteiger partial charge in [-0.05, 0) is 5.56 Å². The number of ether oxygens (including phenoxy) is 1. The lowest BCUT2D eigenvalue weighted by molar-refractivity contribution is -0.138. The van der Waals surface area contributed by atoms with Gasteiger partial charge in [0.15, 0.2) is 0 Å². The molecule has 0 aliphatic carbocycles. The number of hydrogen-bond acceptors (Lipinski definition) is 5. The maximum Gasteiger partial charge on any atom is 0.250 e. The van der Waals surface area contributed by atoms with Crippen LogP contribution in [0.15, 0.2) is 30.3 Å². The van der Waals surface area contributed by atoms with Gasteiger partial charge in [-0.15, -0.1) is 0 Å². The van der Waals surface area contributed by atoms with Crippen LogP contribution < -0.4 is 10.6 Å². The minimum Gasteiger partial charge on any atom is -0.366 e. The Balaban J connectivity index is 1.39. The number of piperazine rings is 1. The summed E-state index contributed by atoms with van der Waals surface area (Å²) in [6.45, 7) is 8.81. The van der Waals surface area contributed by atoms with Gasteiger partial charge >= 0.3 is 0 Å². The van der Waals surface area contributed by atoms with E-state index in [1.807, 2.05) is 6.07 Å². The predicted octanol–water partition coefficient (Wildman–Crippen LogP) is -0.0912. The Bertz CT molecular complexity index is 505. The van der Waals surface area contributed by atoms with Crippen molar-refractivity contribution in [2.45, 2.75) is 12.6 Å². The summed E-state index contributed by atoms with van der Waals surface area (Å²) in [6, 6.07) is 10.4. The molecule has 0 spiro atoms. The molecular weight excluding hydrogens is 304 g/mol. The molecule has 2 saturated heterocycles. The van der Waals surface area contributed by atoms with Crippen LogP contribution in [0.2, 0.25) is 0 Å². The summed E-state index contributed by atoms with van der Waals surface area (Å²) in [5.41, 5.74) is 1.28. The van der Waals surface area contributed by atoms with Gasteiger partial charge in [0.25, 0.3) is 5.91 Å². The van der Waals surface area contributed by atoms with Crippen LogP contribution in [-0.2, 0) is 16.1 Å². The van der Waals surface area contributed by atoms with Crippen molar-refractivity contribution in [2.24, 2.45) is 0 Å². The zero-order valence-corrected chi connectivity index (χ0v) is 14.2. The van der Waals surface area contributed by atoms with Crippen molar-refractivity contribution < 1.29 is 9.53 Å². The standard InChI is InChI=1S/C18H28N4O2/c23-18(20-8-11-21-9-6-19-7-10-21)17-15-22(12-13-24-17)14-16-4-2-1-3-5-16/h1-5,17,19H,6-15H2,(H,20,23). The van der Waals surface area contributed by atoms with Gasteiger partial charge in [-0.3, -0.25) is 14.6 Å². The molecule has 2 aliphatic rings. The second-order valence-electron chi connectivity index (χ2n) is 6.46. The highest BCUT2D eigenvalue weighted by molar-refractivity contribution is 5.81. The Hall–Kier alpha value is -1.47. The van der Waals surface area contributed by atoms with E-state index in [4.69, 9.17) is 4.74 Å². The fourth-order valence-electron chi connectivity index (χ4n) is 3.23. The summed E-state index contributed by atoms with van der Waals surface area (Å²) in [5.74, 6) is 0.0166. The summed E-state index contributed by atoms with van der Waals surface area (Å²) in [6.07, 6.45) is -0.356. The van der Waals surface area contributed by atoms with Crippen LogP contribution in [0.4, 0.5) is 0 Å². The first-order valence-electron chi connectivity index (χ1n) is 8.90. The number of hydrogen-bond donors (Lipinski definition) is 2. The van der Waals surface area contributed by atoms with Crippen molar-refractivity contribution in [1.29, 1.82) is 0 Å². The number of amides is 1. The summed E-state index contributed by atoms with van der Waals surface area (Å²) >= 11 is 0. The van der Waals surface area contributed by atoms with Crippen molar-refractivity contribution in [1.82, 2.24) is 20.4 Å². The second-order valence-corrected chi connectivity index (χ2v) is 6.46. The summed E-state index contributed by atoms with van der Waals surface area (Å²) in [7, 11) is 0. The third-order valence-corrected chi connectivity index (χ3v) is 4.63. The van der Waals surface area contributed by atoms with E-state index < -0.39 is 0 Å². The summed E-state index contributed by atoms with van der Waals surface area (Å²) < 4.78 is 5.67. The number of carbonyl (C=O) groups is 1. The Labute approximate surface area is 144 Å². The van der Waals surface area contributed by atoms with Crippen LogP contribution in [0.5, 0.6) is 0 Å². The Morgan fingerprint density at radius 2 is 1.96 bits per heavy atom. The van der Waals surface area contributed by atoms with Crippen LogP contribution in [0, 0.1) is 0 Å². The van der Waals surface area contributed by atoms with Crippen LogP contribution in [-0.4, -0.2) is 80.8 Å². The van der Waals surface area contributed by atoms with E-state index in [9.17, 15) is 4.79 Å². The molecular formula is C18H28N4O2. The number of morpholine rings is 1. The van der Waals surface area contributed by atoms with Crippen LogP contribution in [0.3, 0.4) is 0 Å². The molecule has 2 heterocycles. The van der Waals surface area contributed by atoms with E-state index in [0.717, 1.165) is 45.8 Å². The number of benzene rings is 1. The molecule has 24 heavy (non-hydrogen) atoms. The van der Waals surface area contributed by atoms with Gasteiger partial charge in [0.2, 0.25) is 0 Å². The Kier molecular flexibility index (Phi) is 6.60. The summed E-state index contributed by atoms with van der Waals surface area (Å²) in [4.78, 5) is 17.0. The highest BCUT2D eigenvalue weighted by atomic mass is 16.5. The van der Waals surface area contributed by atoms with Crippen LogP contribution >= 0.6 is 0 Å². The maximum absolute atomic E-state index is 12.3. The number of rotatable bonds is 6. The van der Waals surface area contributed by atoms with Gasteiger partial charge in [-0.2, -0.15) is 0 Å². The Morgan fingerprint density at radius 1 is 1.17 bits per heavy atom. The fourth-order valence-corrected chi connectivity index (χ4v) is 3.23. The van der Waals surface area contributed by atoms with Crippen molar-refractivity contribution in [3.63, 3.8) is 0 Å².